The Balaban J connectivity index is 6.62. The average Bonchev–Trinajstić information content (AvgIpc) is 2.96. The molecule has 0 aliphatic carbocycles. The summed E-state index contributed by atoms with van der Waals surface area (Å²) in [5.41, 5.74) is 0. The molecular formula is C36H78OSn2. The van der Waals surface area contributed by atoms with Crippen molar-refractivity contribution in [2.75, 3.05) is 0 Å². The summed E-state index contributed by atoms with van der Waals surface area (Å²) in [5, 5.41) is 0. The fourth-order valence-corrected chi connectivity index (χ4v) is 61.2. The number of hydrogen-bond donors (Lipinski definition) is 0. The molecule has 0 N–H and O–H groups in total. The van der Waals surface area contributed by atoms with E-state index in [-0.39, 0.29) is 0 Å². The Labute approximate surface area is 259 Å². The van der Waals surface area contributed by atoms with Crippen molar-refractivity contribution in [2.24, 2.45) is 35.5 Å². The van der Waals surface area contributed by atoms with E-state index in [1.165, 1.54) is 104 Å². The molecule has 0 aromatic carbocycles. The van der Waals surface area contributed by atoms with E-state index >= 15 is 0 Å². The molecule has 1 nitrogen and oxygen atoms in total. The summed E-state index contributed by atoms with van der Waals surface area (Å²) >= 11 is -5.64. The normalized spacial score (nSPS) is 20.0. The molecule has 0 radical (unpaired) electrons. The van der Waals surface area contributed by atoms with Gasteiger partial charge >= 0.3 is 261 Å². The summed E-state index contributed by atoms with van der Waals surface area (Å²) in [6, 6.07) is 0. The first-order valence-electron chi connectivity index (χ1n) is 18.1. The quantitative estimate of drug-likeness (QED) is 0.0797. The van der Waals surface area contributed by atoms with Crippen LogP contribution in [0.15, 0.2) is 0 Å². The van der Waals surface area contributed by atoms with Crippen molar-refractivity contribution in [1.29, 1.82) is 0 Å². The molecule has 0 spiro atoms. The molecule has 0 rings (SSSR count). The molecule has 0 heterocycles. The molecule has 3 heteroatoms. The van der Waals surface area contributed by atoms with Gasteiger partial charge in [-0.25, -0.2) is 0 Å². The third-order valence-corrected chi connectivity index (χ3v) is 50.8. The van der Waals surface area contributed by atoms with Gasteiger partial charge in [0.2, 0.25) is 0 Å². The minimum absolute atomic E-state index is 0.863. The van der Waals surface area contributed by atoms with Gasteiger partial charge in [-0.15, -0.1) is 0 Å². The second-order valence-electron chi connectivity index (χ2n) is 14.8. The number of hydrogen-bond acceptors (Lipinski definition) is 1. The van der Waals surface area contributed by atoms with Crippen LogP contribution in [0.4, 0.5) is 0 Å². The molecule has 0 fully saturated rings. The van der Waals surface area contributed by atoms with Gasteiger partial charge in [0.1, 0.15) is 0 Å². The Bertz CT molecular complexity index is 444. The molecule has 236 valence electrons. The number of rotatable bonds is 26. The van der Waals surface area contributed by atoms with Gasteiger partial charge < -0.3 is 0 Å². The zero-order chi connectivity index (χ0) is 29.9. The SMILES string of the molecule is CCC(C)C[CH2][Sn]([CH2]CC(C)CC)([CH2]CC(C)CC)[O][Sn]([CH2]CC(C)CC)([CH2]CC(C)CC)[CH2]CC(C)CC. The van der Waals surface area contributed by atoms with Crippen LogP contribution in [0.5, 0.6) is 0 Å². The fraction of sp³-hybridized carbons (Fsp3) is 1.00. The molecule has 6 atom stereocenters. The summed E-state index contributed by atoms with van der Waals surface area (Å²) < 4.78 is 17.5. The molecule has 0 saturated heterocycles. The van der Waals surface area contributed by atoms with E-state index in [1.54, 1.807) is 0 Å². The van der Waals surface area contributed by atoms with Crippen molar-refractivity contribution in [1.82, 2.24) is 0 Å². The van der Waals surface area contributed by atoms with Gasteiger partial charge in [-0.05, 0) is 0 Å². The van der Waals surface area contributed by atoms with Crippen molar-refractivity contribution in [3.05, 3.63) is 0 Å². The van der Waals surface area contributed by atoms with E-state index in [0.29, 0.717) is 0 Å². The van der Waals surface area contributed by atoms with E-state index < -0.39 is 37.6 Å². The summed E-state index contributed by atoms with van der Waals surface area (Å²) in [4.78, 5) is 0. The van der Waals surface area contributed by atoms with Crippen LogP contribution < -0.4 is 0 Å². The van der Waals surface area contributed by atoms with Crippen LogP contribution in [0.2, 0.25) is 26.6 Å². The predicted molar refractivity (Wildman–Crippen MR) is 186 cm³/mol. The zero-order valence-corrected chi connectivity index (χ0v) is 35.3. The van der Waals surface area contributed by atoms with Crippen LogP contribution >= 0.6 is 0 Å². The van der Waals surface area contributed by atoms with Crippen molar-refractivity contribution >= 4 is 37.6 Å². The minimum atomic E-state index is -2.82. The Morgan fingerprint density at radius 3 is 0.615 bits per heavy atom. The van der Waals surface area contributed by atoms with Gasteiger partial charge in [-0.2, -0.15) is 0 Å². The summed E-state index contributed by atoms with van der Waals surface area (Å²) in [5.74, 6) is 5.18. The first-order chi connectivity index (χ1) is 18.4. The van der Waals surface area contributed by atoms with Crippen molar-refractivity contribution in [3.8, 4) is 0 Å². The van der Waals surface area contributed by atoms with Gasteiger partial charge in [0, 0.05) is 0 Å². The van der Waals surface area contributed by atoms with Gasteiger partial charge in [0.25, 0.3) is 0 Å². The Morgan fingerprint density at radius 1 is 0.333 bits per heavy atom. The molecule has 0 saturated carbocycles. The Morgan fingerprint density at radius 2 is 0.487 bits per heavy atom. The van der Waals surface area contributed by atoms with Gasteiger partial charge in [0.15, 0.2) is 0 Å². The molecule has 6 unspecified atom stereocenters. The van der Waals surface area contributed by atoms with E-state index in [2.05, 4.69) is 83.1 Å². The molecule has 0 amide bonds. The van der Waals surface area contributed by atoms with Gasteiger partial charge in [0.05, 0.1) is 0 Å². The molecule has 0 aromatic heterocycles. The summed E-state index contributed by atoms with van der Waals surface area (Å²) in [6.45, 7) is 29.6. The van der Waals surface area contributed by atoms with E-state index in [9.17, 15) is 0 Å². The molecule has 0 bridgehead atoms. The molecule has 0 aliphatic heterocycles. The average molecular weight is 764 g/mol. The van der Waals surface area contributed by atoms with E-state index in [4.69, 9.17) is 1.41 Å². The van der Waals surface area contributed by atoms with Crippen molar-refractivity contribution < 1.29 is 1.41 Å². The predicted octanol–water partition coefficient (Wildman–Crippen LogP) is 13.5. The van der Waals surface area contributed by atoms with Gasteiger partial charge in [-0.1, -0.05) is 0 Å². The first-order valence-corrected chi connectivity index (χ1v) is 32.6. The van der Waals surface area contributed by atoms with Crippen LogP contribution in [0, 0.1) is 35.5 Å². The molecule has 0 aliphatic rings. The standard InChI is InChI=1S/6C6H13.O.2Sn/c6*1-4-6(3)5-2;;;/h6*6H,1,4-5H2,2-3H3;;;. The second-order valence-corrected chi connectivity index (χ2v) is 41.3. The van der Waals surface area contributed by atoms with Crippen molar-refractivity contribution in [3.63, 3.8) is 0 Å². The van der Waals surface area contributed by atoms with E-state index in [1.807, 2.05) is 0 Å². The van der Waals surface area contributed by atoms with Crippen molar-refractivity contribution in [2.45, 2.75) is 187 Å². The maximum atomic E-state index is 8.42. The summed E-state index contributed by atoms with van der Waals surface area (Å²) in [6.07, 6.45) is 16.7. The fourth-order valence-electron chi connectivity index (χ4n) is 5.80. The topological polar surface area (TPSA) is 9.23 Å². The van der Waals surface area contributed by atoms with Gasteiger partial charge in [-0.3, -0.25) is 0 Å². The second kappa shape index (κ2) is 23.0. The van der Waals surface area contributed by atoms with Crippen LogP contribution in [-0.4, -0.2) is 37.6 Å². The molecule has 39 heavy (non-hydrogen) atoms. The first kappa shape index (κ1) is 40.6. The van der Waals surface area contributed by atoms with E-state index in [0.717, 1.165) is 35.5 Å². The Kier molecular flexibility index (Phi) is 23.9. The van der Waals surface area contributed by atoms with Crippen LogP contribution in [0.1, 0.15) is 160 Å². The molecular weight excluding hydrogens is 686 g/mol. The molecule has 0 aromatic rings. The third-order valence-electron chi connectivity index (χ3n) is 11.2. The maximum absolute atomic E-state index is 8.42. The van der Waals surface area contributed by atoms with Crippen LogP contribution in [-0.2, 0) is 1.41 Å². The van der Waals surface area contributed by atoms with Crippen LogP contribution in [0.3, 0.4) is 0 Å². The zero-order valence-electron chi connectivity index (χ0n) is 29.6. The third kappa shape index (κ3) is 18.1. The summed E-state index contributed by atoms with van der Waals surface area (Å²) in [7, 11) is 0. The monoisotopic (exact) mass is 766 g/mol. The Hall–Kier alpha value is 1.56. The van der Waals surface area contributed by atoms with Crippen LogP contribution in [0.25, 0.3) is 0 Å².